The number of β-amino-alcohol motifs (C(OH)–C–C–N with tert-alkyl or cyclic N) is 1. The lowest BCUT2D eigenvalue weighted by Gasteiger charge is -2.18. The highest BCUT2D eigenvalue weighted by molar-refractivity contribution is 7.98. The minimum atomic E-state index is -0.250. The summed E-state index contributed by atoms with van der Waals surface area (Å²) in [6.45, 7) is 1.49. The lowest BCUT2D eigenvalue weighted by atomic mass is 10.2. The van der Waals surface area contributed by atoms with Crippen molar-refractivity contribution >= 4 is 17.6 Å². The minimum Gasteiger partial charge on any atom is -0.495 e. The topological polar surface area (TPSA) is 45.6 Å². The molecule has 0 amide bonds. The zero-order valence-corrected chi connectivity index (χ0v) is 13.4. The zero-order valence-electron chi connectivity index (χ0n) is 12.6. The predicted molar refractivity (Wildman–Crippen MR) is 89.6 cm³/mol. The second kappa shape index (κ2) is 7.03. The molecule has 0 radical (unpaired) electrons. The summed E-state index contributed by atoms with van der Waals surface area (Å²) in [5.74, 6) is 2.60. The monoisotopic (exact) mass is 316 g/mol. The highest BCUT2D eigenvalue weighted by atomic mass is 32.2. The molecule has 0 spiro atoms. The van der Waals surface area contributed by atoms with E-state index < -0.39 is 0 Å². The smallest absolute Gasteiger partial charge is 0.137 e. The molecule has 1 aliphatic heterocycles. The molecular weight excluding hydrogens is 296 g/mol. The second-order valence-electron chi connectivity index (χ2n) is 5.36. The van der Waals surface area contributed by atoms with Crippen LogP contribution in [0.15, 0.2) is 47.5 Å². The standard InChI is InChI=1S/C17H20N2O2S/c1-21-15-9-17(19-8-7-14(20)11-19)18-10-16(15)22-12-13-5-3-2-4-6-13/h2-6,9-10,14,20H,7-8,11-12H2,1H3. The third kappa shape index (κ3) is 3.54. The van der Waals surface area contributed by atoms with E-state index >= 15 is 0 Å². The van der Waals surface area contributed by atoms with Crippen molar-refractivity contribution in [2.24, 2.45) is 0 Å². The van der Waals surface area contributed by atoms with Crippen molar-refractivity contribution in [1.29, 1.82) is 0 Å². The minimum absolute atomic E-state index is 0.250. The van der Waals surface area contributed by atoms with Crippen LogP contribution < -0.4 is 9.64 Å². The van der Waals surface area contributed by atoms with Gasteiger partial charge in [0.2, 0.25) is 0 Å². The second-order valence-corrected chi connectivity index (χ2v) is 6.37. The molecule has 0 aliphatic carbocycles. The number of hydrogen-bond acceptors (Lipinski definition) is 5. The number of hydrogen-bond donors (Lipinski definition) is 1. The van der Waals surface area contributed by atoms with Gasteiger partial charge < -0.3 is 14.7 Å². The van der Waals surface area contributed by atoms with E-state index in [1.807, 2.05) is 30.5 Å². The van der Waals surface area contributed by atoms with E-state index in [0.717, 1.165) is 35.2 Å². The van der Waals surface area contributed by atoms with Gasteiger partial charge in [-0.25, -0.2) is 4.98 Å². The van der Waals surface area contributed by atoms with Gasteiger partial charge in [0.1, 0.15) is 11.6 Å². The Labute approximate surface area is 135 Å². The van der Waals surface area contributed by atoms with Gasteiger partial charge in [-0.2, -0.15) is 0 Å². The van der Waals surface area contributed by atoms with Crippen LogP contribution in [-0.4, -0.2) is 36.4 Å². The number of methoxy groups -OCH3 is 1. The number of anilines is 1. The fraction of sp³-hybridized carbons (Fsp3) is 0.353. The Hall–Kier alpha value is -1.72. The molecule has 116 valence electrons. The number of benzene rings is 1. The van der Waals surface area contributed by atoms with Crippen LogP contribution in [0.1, 0.15) is 12.0 Å². The maximum Gasteiger partial charge on any atom is 0.137 e. The lowest BCUT2D eigenvalue weighted by molar-refractivity contribution is 0.198. The molecule has 1 unspecified atom stereocenters. The Morgan fingerprint density at radius 3 is 2.86 bits per heavy atom. The van der Waals surface area contributed by atoms with Gasteiger partial charge in [0.25, 0.3) is 0 Å². The fourth-order valence-electron chi connectivity index (χ4n) is 2.54. The average Bonchev–Trinajstić information content (AvgIpc) is 3.00. The zero-order chi connectivity index (χ0) is 15.4. The van der Waals surface area contributed by atoms with E-state index in [1.165, 1.54) is 5.56 Å². The summed E-state index contributed by atoms with van der Waals surface area (Å²) in [6.07, 6.45) is 2.42. The number of pyridine rings is 1. The first-order chi connectivity index (χ1) is 10.8. The van der Waals surface area contributed by atoms with Gasteiger partial charge in [0.15, 0.2) is 0 Å². The number of nitrogens with zero attached hydrogens (tertiary/aromatic N) is 2. The molecule has 5 heteroatoms. The maximum absolute atomic E-state index is 9.65. The summed E-state index contributed by atoms with van der Waals surface area (Å²) in [6, 6.07) is 12.3. The van der Waals surface area contributed by atoms with E-state index in [0.29, 0.717) is 6.54 Å². The number of aliphatic hydroxyl groups excluding tert-OH is 1. The number of ether oxygens (including phenoxy) is 1. The van der Waals surface area contributed by atoms with Gasteiger partial charge in [-0.3, -0.25) is 0 Å². The van der Waals surface area contributed by atoms with Crippen LogP contribution in [-0.2, 0) is 5.75 Å². The highest BCUT2D eigenvalue weighted by Gasteiger charge is 2.22. The van der Waals surface area contributed by atoms with Gasteiger partial charge in [-0.15, -0.1) is 11.8 Å². The summed E-state index contributed by atoms with van der Waals surface area (Å²) in [4.78, 5) is 7.66. The van der Waals surface area contributed by atoms with E-state index in [1.54, 1.807) is 18.9 Å². The normalized spacial score (nSPS) is 17.7. The van der Waals surface area contributed by atoms with Gasteiger partial charge in [0.05, 0.1) is 18.1 Å². The summed E-state index contributed by atoms with van der Waals surface area (Å²) >= 11 is 1.72. The molecule has 3 rings (SSSR count). The first kappa shape index (κ1) is 15.2. The van der Waals surface area contributed by atoms with Crippen molar-refractivity contribution in [2.75, 3.05) is 25.1 Å². The Bertz CT molecular complexity index is 621. The SMILES string of the molecule is COc1cc(N2CCC(O)C2)ncc1SCc1ccccc1. The third-order valence-corrected chi connectivity index (χ3v) is 4.86. The molecular formula is C17H20N2O2S. The Morgan fingerprint density at radius 1 is 1.36 bits per heavy atom. The van der Waals surface area contributed by atoms with E-state index in [-0.39, 0.29) is 6.10 Å². The molecule has 1 N–H and O–H groups in total. The first-order valence-corrected chi connectivity index (χ1v) is 8.38. The van der Waals surface area contributed by atoms with Crippen LogP contribution in [0.25, 0.3) is 0 Å². The largest absolute Gasteiger partial charge is 0.495 e. The van der Waals surface area contributed by atoms with Crippen molar-refractivity contribution in [1.82, 2.24) is 4.98 Å². The van der Waals surface area contributed by atoms with Crippen molar-refractivity contribution in [3.63, 3.8) is 0 Å². The summed E-state index contributed by atoms with van der Waals surface area (Å²) < 4.78 is 5.51. The molecule has 0 bridgehead atoms. The van der Waals surface area contributed by atoms with Crippen LogP contribution in [0, 0.1) is 0 Å². The average molecular weight is 316 g/mol. The third-order valence-electron chi connectivity index (χ3n) is 3.76. The Balaban J connectivity index is 1.72. The molecule has 1 saturated heterocycles. The Kier molecular flexibility index (Phi) is 4.85. The molecule has 0 saturated carbocycles. The van der Waals surface area contributed by atoms with Gasteiger partial charge in [0, 0.05) is 31.1 Å². The predicted octanol–water partition coefficient (Wildman–Crippen LogP) is 2.95. The molecule has 1 fully saturated rings. The van der Waals surface area contributed by atoms with Crippen molar-refractivity contribution in [3.05, 3.63) is 48.2 Å². The molecule has 2 aromatic rings. The van der Waals surface area contributed by atoms with Crippen LogP contribution >= 0.6 is 11.8 Å². The fourth-order valence-corrected chi connectivity index (χ4v) is 3.47. The number of thioether (sulfide) groups is 1. The van der Waals surface area contributed by atoms with Crippen LogP contribution in [0.4, 0.5) is 5.82 Å². The molecule has 4 nitrogen and oxygen atoms in total. The number of aliphatic hydroxyl groups is 1. The van der Waals surface area contributed by atoms with Gasteiger partial charge >= 0.3 is 0 Å². The van der Waals surface area contributed by atoms with E-state index in [9.17, 15) is 5.11 Å². The molecule has 1 aromatic heterocycles. The quantitative estimate of drug-likeness (QED) is 0.859. The van der Waals surface area contributed by atoms with Crippen LogP contribution in [0.2, 0.25) is 0 Å². The highest BCUT2D eigenvalue weighted by Crippen LogP contribution is 2.34. The van der Waals surface area contributed by atoms with E-state index in [4.69, 9.17) is 4.74 Å². The molecule has 22 heavy (non-hydrogen) atoms. The number of aromatic nitrogens is 1. The van der Waals surface area contributed by atoms with Crippen molar-refractivity contribution in [3.8, 4) is 5.75 Å². The summed E-state index contributed by atoms with van der Waals surface area (Å²) in [5, 5.41) is 9.65. The maximum atomic E-state index is 9.65. The molecule has 2 heterocycles. The van der Waals surface area contributed by atoms with E-state index in [2.05, 4.69) is 22.0 Å². The number of rotatable bonds is 5. The van der Waals surface area contributed by atoms with Crippen molar-refractivity contribution in [2.45, 2.75) is 23.2 Å². The molecule has 1 atom stereocenters. The van der Waals surface area contributed by atoms with Crippen LogP contribution in [0.5, 0.6) is 5.75 Å². The molecule has 1 aromatic carbocycles. The lowest BCUT2D eigenvalue weighted by Crippen LogP contribution is -2.22. The van der Waals surface area contributed by atoms with Crippen molar-refractivity contribution < 1.29 is 9.84 Å². The molecule has 1 aliphatic rings. The Morgan fingerprint density at radius 2 is 2.18 bits per heavy atom. The van der Waals surface area contributed by atoms with Gasteiger partial charge in [-0.05, 0) is 12.0 Å². The van der Waals surface area contributed by atoms with Gasteiger partial charge in [-0.1, -0.05) is 30.3 Å². The summed E-state index contributed by atoms with van der Waals surface area (Å²) in [7, 11) is 1.69. The van der Waals surface area contributed by atoms with Crippen LogP contribution in [0.3, 0.4) is 0 Å². The first-order valence-electron chi connectivity index (χ1n) is 7.40. The summed E-state index contributed by atoms with van der Waals surface area (Å²) in [5.41, 5.74) is 1.28.